The summed E-state index contributed by atoms with van der Waals surface area (Å²) in [5.74, 6) is 0.330. The van der Waals surface area contributed by atoms with Gasteiger partial charge >= 0.3 is 0 Å². The highest BCUT2D eigenvalue weighted by atomic mass is 32.2. The van der Waals surface area contributed by atoms with Gasteiger partial charge in [0.15, 0.2) is 5.03 Å². The lowest BCUT2D eigenvalue weighted by atomic mass is 9.99. The van der Waals surface area contributed by atoms with E-state index >= 15 is 0 Å². The maximum absolute atomic E-state index is 12.7. The zero-order valence-electron chi connectivity index (χ0n) is 15.6. The smallest absolute Gasteiger partial charge is 0.262 e. The SMILES string of the molecule is O=C(Cn1cnc(S(=O)(=O)N2CCOCC2)c1)N1CC[C@@H](c2ccccc2)C1. The summed E-state index contributed by atoms with van der Waals surface area (Å²) < 4.78 is 33.4. The van der Waals surface area contributed by atoms with Crippen molar-refractivity contribution in [1.82, 2.24) is 18.8 Å². The molecule has 0 saturated carbocycles. The van der Waals surface area contributed by atoms with Crippen molar-refractivity contribution in [3.05, 3.63) is 48.4 Å². The summed E-state index contributed by atoms with van der Waals surface area (Å²) in [7, 11) is -3.64. The van der Waals surface area contributed by atoms with Gasteiger partial charge in [0.05, 0.1) is 19.5 Å². The zero-order chi connectivity index (χ0) is 19.6. The van der Waals surface area contributed by atoms with Crippen LogP contribution in [-0.4, -0.2) is 72.5 Å². The van der Waals surface area contributed by atoms with E-state index in [0.717, 1.165) is 6.42 Å². The fraction of sp³-hybridized carbons (Fsp3) is 0.474. The van der Waals surface area contributed by atoms with Crippen LogP contribution in [0.2, 0.25) is 0 Å². The second-order valence-electron chi connectivity index (χ2n) is 7.14. The zero-order valence-corrected chi connectivity index (χ0v) is 16.4. The molecule has 1 aromatic carbocycles. The van der Waals surface area contributed by atoms with Gasteiger partial charge in [-0.15, -0.1) is 0 Å². The van der Waals surface area contributed by atoms with Gasteiger partial charge in [0.1, 0.15) is 6.54 Å². The summed E-state index contributed by atoms with van der Waals surface area (Å²) in [6.07, 6.45) is 3.79. The Kier molecular flexibility index (Phi) is 5.47. The molecule has 2 fully saturated rings. The number of ether oxygens (including phenoxy) is 1. The van der Waals surface area contributed by atoms with Crippen LogP contribution in [0.25, 0.3) is 0 Å². The molecule has 2 aliphatic heterocycles. The number of amides is 1. The Morgan fingerprint density at radius 3 is 2.64 bits per heavy atom. The van der Waals surface area contributed by atoms with E-state index < -0.39 is 10.0 Å². The van der Waals surface area contributed by atoms with Crippen LogP contribution in [-0.2, 0) is 26.1 Å². The summed E-state index contributed by atoms with van der Waals surface area (Å²) in [5.41, 5.74) is 1.25. The minimum absolute atomic E-state index is 0.0221. The lowest BCUT2D eigenvalue weighted by molar-refractivity contribution is -0.130. The van der Waals surface area contributed by atoms with Crippen LogP contribution < -0.4 is 0 Å². The number of morpholine rings is 1. The molecule has 0 bridgehead atoms. The van der Waals surface area contributed by atoms with Crippen molar-refractivity contribution in [2.75, 3.05) is 39.4 Å². The maximum Gasteiger partial charge on any atom is 0.262 e. The molecule has 2 aliphatic rings. The number of benzene rings is 1. The van der Waals surface area contributed by atoms with Crippen molar-refractivity contribution >= 4 is 15.9 Å². The van der Waals surface area contributed by atoms with Crippen molar-refractivity contribution in [3.63, 3.8) is 0 Å². The molecule has 0 N–H and O–H groups in total. The normalized spacial score (nSPS) is 21.1. The Hall–Kier alpha value is -2.23. The monoisotopic (exact) mass is 404 g/mol. The number of hydrogen-bond donors (Lipinski definition) is 0. The highest BCUT2D eigenvalue weighted by Gasteiger charge is 2.30. The fourth-order valence-electron chi connectivity index (χ4n) is 3.72. The molecule has 0 spiro atoms. The molecule has 0 aliphatic carbocycles. The predicted molar refractivity (Wildman–Crippen MR) is 102 cm³/mol. The van der Waals surface area contributed by atoms with E-state index in [1.54, 1.807) is 4.57 Å². The number of sulfonamides is 1. The predicted octanol–water partition coefficient (Wildman–Crippen LogP) is 0.920. The number of likely N-dealkylation sites (tertiary alicyclic amines) is 1. The Labute approximate surface area is 164 Å². The van der Waals surface area contributed by atoms with Crippen LogP contribution in [0.4, 0.5) is 0 Å². The topological polar surface area (TPSA) is 84.7 Å². The highest BCUT2D eigenvalue weighted by molar-refractivity contribution is 7.89. The number of hydrogen-bond acceptors (Lipinski definition) is 5. The van der Waals surface area contributed by atoms with Crippen molar-refractivity contribution in [2.24, 2.45) is 0 Å². The van der Waals surface area contributed by atoms with Gasteiger partial charge in [0.2, 0.25) is 5.91 Å². The van der Waals surface area contributed by atoms with Gasteiger partial charge < -0.3 is 14.2 Å². The van der Waals surface area contributed by atoms with Gasteiger partial charge in [-0.1, -0.05) is 30.3 Å². The molecule has 28 heavy (non-hydrogen) atoms. The Balaban J connectivity index is 1.38. The third-order valence-corrected chi connectivity index (χ3v) is 7.10. The van der Waals surface area contributed by atoms with E-state index in [1.165, 1.54) is 22.4 Å². The number of rotatable bonds is 5. The first kappa shape index (κ1) is 19.1. The Morgan fingerprint density at radius 2 is 1.89 bits per heavy atom. The third-order valence-electron chi connectivity index (χ3n) is 5.31. The molecule has 1 amide bonds. The lowest BCUT2D eigenvalue weighted by Crippen LogP contribution is -2.40. The first-order valence-electron chi connectivity index (χ1n) is 9.46. The number of carbonyl (C=O) groups is 1. The van der Waals surface area contributed by atoms with Crippen LogP contribution >= 0.6 is 0 Å². The van der Waals surface area contributed by atoms with Gasteiger partial charge in [-0.05, 0) is 12.0 Å². The van der Waals surface area contributed by atoms with E-state index in [1.807, 2.05) is 23.1 Å². The minimum Gasteiger partial charge on any atom is -0.379 e. The third kappa shape index (κ3) is 3.96. The standard InChI is InChI=1S/C19H24N4O4S/c24-19(22-7-6-17(12-22)16-4-2-1-3-5-16)14-21-13-18(20-15-21)28(25,26)23-8-10-27-11-9-23/h1-5,13,15,17H,6-12,14H2/t17-/m1/s1. The van der Waals surface area contributed by atoms with Crippen LogP contribution in [0.5, 0.6) is 0 Å². The van der Waals surface area contributed by atoms with E-state index in [9.17, 15) is 13.2 Å². The number of imidazole rings is 1. The van der Waals surface area contributed by atoms with Gasteiger partial charge in [-0.2, -0.15) is 4.31 Å². The molecular weight excluding hydrogens is 380 g/mol. The van der Waals surface area contributed by atoms with Gasteiger partial charge in [-0.3, -0.25) is 4.79 Å². The summed E-state index contributed by atoms with van der Waals surface area (Å²) in [6.45, 7) is 2.91. The van der Waals surface area contributed by atoms with Crippen molar-refractivity contribution in [2.45, 2.75) is 23.9 Å². The lowest BCUT2D eigenvalue weighted by Gasteiger charge is -2.24. The molecular formula is C19H24N4O4S. The second kappa shape index (κ2) is 8.02. The summed E-state index contributed by atoms with van der Waals surface area (Å²) in [5, 5.41) is -0.0224. The maximum atomic E-state index is 12.7. The fourth-order valence-corrected chi connectivity index (χ4v) is 5.06. The number of aromatic nitrogens is 2. The quantitative estimate of drug-likeness (QED) is 0.740. The molecule has 4 rings (SSSR count). The second-order valence-corrected chi connectivity index (χ2v) is 9.02. The first-order chi connectivity index (χ1) is 13.5. The molecule has 3 heterocycles. The van der Waals surface area contributed by atoms with E-state index in [0.29, 0.717) is 45.3 Å². The molecule has 1 atom stereocenters. The van der Waals surface area contributed by atoms with Crippen molar-refractivity contribution in [1.29, 1.82) is 0 Å². The average molecular weight is 404 g/mol. The highest BCUT2D eigenvalue weighted by Crippen LogP contribution is 2.27. The molecule has 2 saturated heterocycles. The van der Waals surface area contributed by atoms with E-state index in [4.69, 9.17) is 4.74 Å². The molecule has 0 radical (unpaired) electrons. The summed E-state index contributed by atoms with van der Waals surface area (Å²) >= 11 is 0. The average Bonchev–Trinajstić information content (AvgIpc) is 3.39. The van der Waals surface area contributed by atoms with Crippen LogP contribution in [0.15, 0.2) is 47.9 Å². The molecule has 150 valence electrons. The summed E-state index contributed by atoms with van der Waals surface area (Å²) in [6, 6.07) is 10.2. The Morgan fingerprint density at radius 1 is 1.14 bits per heavy atom. The van der Waals surface area contributed by atoms with Crippen LogP contribution in [0.3, 0.4) is 0 Å². The molecule has 9 heteroatoms. The number of nitrogens with zero attached hydrogens (tertiary/aromatic N) is 4. The van der Waals surface area contributed by atoms with Crippen molar-refractivity contribution < 1.29 is 17.9 Å². The Bertz CT molecular complexity index is 922. The first-order valence-corrected chi connectivity index (χ1v) is 10.9. The molecule has 8 nitrogen and oxygen atoms in total. The van der Waals surface area contributed by atoms with Gasteiger partial charge in [0, 0.05) is 38.3 Å². The molecule has 1 aromatic heterocycles. The van der Waals surface area contributed by atoms with Gasteiger partial charge in [-0.25, -0.2) is 13.4 Å². The van der Waals surface area contributed by atoms with Crippen molar-refractivity contribution in [3.8, 4) is 0 Å². The summed E-state index contributed by atoms with van der Waals surface area (Å²) in [4.78, 5) is 18.5. The van der Waals surface area contributed by atoms with E-state index in [2.05, 4.69) is 17.1 Å². The molecule has 2 aromatic rings. The van der Waals surface area contributed by atoms with Crippen LogP contribution in [0, 0.1) is 0 Å². The van der Waals surface area contributed by atoms with Gasteiger partial charge in [0.25, 0.3) is 10.0 Å². The minimum atomic E-state index is -3.64. The largest absolute Gasteiger partial charge is 0.379 e. The number of carbonyl (C=O) groups excluding carboxylic acids is 1. The molecule has 0 unspecified atom stereocenters. The van der Waals surface area contributed by atoms with E-state index in [-0.39, 0.29) is 17.5 Å². The van der Waals surface area contributed by atoms with Crippen LogP contribution in [0.1, 0.15) is 17.9 Å².